The number of esters is 1. The molecule has 5 bridgehead atoms. The van der Waals surface area contributed by atoms with Gasteiger partial charge in [0.25, 0.3) is 11.7 Å². The molecule has 14 nitrogen and oxygen atoms in total. The van der Waals surface area contributed by atoms with Gasteiger partial charge in [0, 0.05) is 61.3 Å². The molecule has 0 saturated carbocycles. The largest absolute Gasteiger partial charge is 0.507 e. The SMILES string of the molecule is CO[C@H]1/C=C/O[C@@]2(C)Oc3c(C)c(O)c4c(c3C2=O)C(N)=C(N)C(=NC(=O)/C(C)=C/C=C/[C@H](C)[C@H](O)[C@@H](C)[C@@H](O)[C@@H](C)[C@H](OC(C)=O)[C@@H]1C)C4=O. The highest BCUT2D eigenvalue weighted by Crippen LogP contribution is 2.49. The summed E-state index contributed by atoms with van der Waals surface area (Å²) in [5.74, 6) is -8.14. The number of phenols is 1. The number of hydrogen-bond acceptors (Lipinski definition) is 13. The average molecular weight is 710 g/mol. The van der Waals surface area contributed by atoms with E-state index in [1.54, 1.807) is 33.8 Å². The summed E-state index contributed by atoms with van der Waals surface area (Å²) in [6.45, 7) is 12.4. The number of ether oxygens (including phenoxy) is 4. The minimum absolute atomic E-state index is 0.0399. The Morgan fingerprint density at radius 1 is 0.941 bits per heavy atom. The Bertz CT molecular complexity index is 1790. The van der Waals surface area contributed by atoms with Crippen LogP contribution in [0.3, 0.4) is 0 Å². The monoisotopic (exact) mass is 709 g/mol. The highest BCUT2D eigenvalue weighted by Gasteiger charge is 2.51. The number of nitrogens with two attached hydrogens (primary N) is 2. The van der Waals surface area contributed by atoms with Crippen molar-refractivity contribution in [3.8, 4) is 11.5 Å². The maximum Gasteiger partial charge on any atom is 0.312 e. The van der Waals surface area contributed by atoms with Crippen molar-refractivity contribution in [3.63, 3.8) is 0 Å². The Balaban J connectivity index is 1.89. The third kappa shape index (κ3) is 7.08. The molecule has 7 N–H and O–H groups in total. The lowest BCUT2D eigenvalue weighted by Gasteiger charge is -2.38. The molecule has 14 heteroatoms. The van der Waals surface area contributed by atoms with Gasteiger partial charge in [0.05, 0.1) is 47.1 Å². The van der Waals surface area contributed by atoms with Gasteiger partial charge in [0.15, 0.2) is 0 Å². The molecule has 51 heavy (non-hydrogen) atoms. The first kappa shape index (κ1) is 39.0. The first-order valence-corrected chi connectivity index (χ1v) is 16.6. The molecule has 3 aliphatic heterocycles. The fraction of sp³-hybridized carbons (Fsp3) is 0.486. The molecule has 9 atom stereocenters. The summed E-state index contributed by atoms with van der Waals surface area (Å²) in [7, 11) is 1.43. The van der Waals surface area contributed by atoms with Gasteiger partial charge < -0.3 is 45.7 Å². The maximum absolute atomic E-state index is 14.0. The van der Waals surface area contributed by atoms with Crippen molar-refractivity contribution in [2.45, 2.75) is 85.6 Å². The van der Waals surface area contributed by atoms with E-state index in [1.807, 2.05) is 0 Å². The van der Waals surface area contributed by atoms with Crippen molar-refractivity contribution in [2.75, 3.05) is 7.11 Å². The first-order valence-electron chi connectivity index (χ1n) is 16.6. The van der Waals surface area contributed by atoms with E-state index in [4.69, 9.17) is 30.4 Å². The van der Waals surface area contributed by atoms with Crippen molar-refractivity contribution in [1.82, 2.24) is 0 Å². The molecule has 4 aliphatic rings. The van der Waals surface area contributed by atoms with E-state index in [1.165, 1.54) is 59.3 Å². The van der Waals surface area contributed by atoms with Crippen LogP contribution >= 0.6 is 0 Å². The lowest BCUT2D eigenvalue weighted by atomic mass is 9.78. The number of phenolic OH excluding ortho intramolecular Hbond substituents is 1. The number of rotatable bonds is 2. The zero-order valence-electron chi connectivity index (χ0n) is 30.2. The fourth-order valence-electron chi connectivity index (χ4n) is 6.72. The highest BCUT2D eigenvalue weighted by atomic mass is 16.7. The fourth-order valence-corrected chi connectivity index (χ4v) is 6.72. The molecule has 0 saturated heterocycles. The van der Waals surface area contributed by atoms with Gasteiger partial charge in [-0.1, -0.05) is 45.9 Å². The molecule has 1 aliphatic carbocycles. The second-order valence-corrected chi connectivity index (χ2v) is 13.6. The van der Waals surface area contributed by atoms with E-state index in [-0.39, 0.29) is 45.0 Å². The van der Waals surface area contributed by atoms with Gasteiger partial charge in [0.2, 0.25) is 5.78 Å². The zero-order valence-corrected chi connectivity index (χ0v) is 30.2. The van der Waals surface area contributed by atoms with Crippen LogP contribution in [-0.4, -0.2) is 81.8 Å². The van der Waals surface area contributed by atoms with Crippen LogP contribution in [0.2, 0.25) is 0 Å². The molecule has 276 valence electrons. The summed E-state index contributed by atoms with van der Waals surface area (Å²) < 4.78 is 23.2. The predicted molar refractivity (Wildman–Crippen MR) is 186 cm³/mol. The zero-order chi connectivity index (χ0) is 38.3. The van der Waals surface area contributed by atoms with Crippen molar-refractivity contribution in [3.05, 3.63) is 64.1 Å². The smallest absolute Gasteiger partial charge is 0.312 e. The first-order chi connectivity index (χ1) is 23.8. The van der Waals surface area contributed by atoms with Gasteiger partial charge in [-0.3, -0.25) is 19.2 Å². The van der Waals surface area contributed by atoms with Crippen molar-refractivity contribution < 1.29 is 53.4 Å². The summed E-state index contributed by atoms with van der Waals surface area (Å²) in [4.78, 5) is 57.1. The van der Waals surface area contributed by atoms with Crippen molar-refractivity contribution in [1.29, 1.82) is 0 Å². The van der Waals surface area contributed by atoms with Crippen LogP contribution in [0.1, 0.15) is 80.3 Å². The number of aromatic hydroxyl groups is 1. The number of fused-ring (bicyclic) bond motifs is 13. The minimum atomic E-state index is -2.00. The van der Waals surface area contributed by atoms with Crippen LogP contribution < -0.4 is 16.2 Å². The van der Waals surface area contributed by atoms with E-state index in [9.17, 15) is 34.5 Å². The minimum Gasteiger partial charge on any atom is -0.507 e. The number of ketones is 2. The number of nitrogens with zero attached hydrogens (tertiary/aromatic N) is 1. The molecular weight excluding hydrogens is 662 g/mol. The normalized spacial score (nSPS) is 34.2. The number of methoxy groups -OCH3 is 1. The number of carbonyl (C=O) groups excluding carboxylic acids is 4. The summed E-state index contributed by atoms with van der Waals surface area (Å²) in [6, 6.07) is 0. The van der Waals surface area contributed by atoms with Crippen LogP contribution in [0, 0.1) is 30.6 Å². The molecular formula is C37H47N3O11. The summed E-state index contributed by atoms with van der Waals surface area (Å²) in [5, 5.41) is 33.8. The van der Waals surface area contributed by atoms with E-state index < -0.39 is 88.8 Å². The van der Waals surface area contributed by atoms with E-state index >= 15 is 0 Å². The van der Waals surface area contributed by atoms with E-state index in [0.29, 0.717) is 0 Å². The van der Waals surface area contributed by atoms with Gasteiger partial charge >= 0.3 is 11.8 Å². The van der Waals surface area contributed by atoms with Crippen LogP contribution in [0.15, 0.2) is 46.8 Å². The third-order valence-corrected chi connectivity index (χ3v) is 10.0. The molecule has 0 unspecified atom stereocenters. The molecule has 0 fully saturated rings. The van der Waals surface area contributed by atoms with Gasteiger partial charge in [-0.2, -0.15) is 0 Å². The topological polar surface area (TPSA) is 230 Å². The Morgan fingerprint density at radius 2 is 1.59 bits per heavy atom. The van der Waals surface area contributed by atoms with E-state index in [0.717, 1.165) is 0 Å². The Hall–Kier alpha value is -4.79. The Kier molecular flexibility index (Phi) is 11.3. The van der Waals surface area contributed by atoms with Crippen LogP contribution in [0.25, 0.3) is 5.70 Å². The van der Waals surface area contributed by atoms with Crippen molar-refractivity contribution in [2.24, 2.45) is 40.1 Å². The molecule has 1 amide bonds. The maximum atomic E-state index is 14.0. The molecule has 5 rings (SSSR count). The summed E-state index contributed by atoms with van der Waals surface area (Å²) >= 11 is 0. The third-order valence-electron chi connectivity index (χ3n) is 10.0. The second kappa shape index (κ2) is 14.8. The number of Topliss-reactive ketones (excluding diaryl/α,β-unsaturated/α-hetero) is 2. The number of aliphatic imine (C=N–C) groups is 1. The standard InChI is InChI=1S/C37H47N3O11/c1-15-11-10-12-16(2)36(47)40-28-27(39)26(38)23-24(32(28)45)31(44)20(6)34-25(23)35(46)37(8,51-34)49-14-13-22(48-9)17(3)33(50-21(7)41)19(5)30(43)18(4)29(15)42/h10-15,17-19,22,29-30,33,42-44H,38-39H2,1-9H3/b11-10+,14-13+,16-12+,40-28?/t15-,17+,18+,19+,22-,29-,30+,33+,37-/m0/s1. The number of benzene rings is 1. The number of hydrogen-bond donors (Lipinski definition) is 5. The van der Waals surface area contributed by atoms with Crippen LogP contribution in [0.4, 0.5) is 0 Å². The lowest BCUT2D eigenvalue weighted by Crippen LogP contribution is -2.46. The Morgan fingerprint density at radius 3 is 2.20 bits per heavy atom. The van der Waals surface area contributed by atoms with E-state index in [2.05, 4.69) is 4.99 Å². The number of aliphatic hydroxyl groups is 2. The summed E-state index contributed by atoms with van der Waals surface area (Å²) in [6.07, 6.45) is 3.44. The number of amides is 1. The summed E-state index contributed by atoms with van der Waals surface area (Å²) in [5.41, 5.74) is 11.0. The van der Waals surface area contributed by atoms with Crippen LogP contribution in [-0.2, 0) is 23.8 Å². The Labute approximate surface area is 296 Å². The molecule has 1 aromatic carbocycles. The molecule has 1 aromatic rings. The number of carbonyl (C=O) groups is 4. The van der Waals surface area contributed by atoms with Gasteiger partial charge in [-0.15, -0.1) is 0 Å². The predicted octanol–water partition coefficient (Wildman–Crippen LogP) is 3.00. The molecule has 0 aromatic heterocycles. The number of aliphatic hydroxyl groups excluding tert-OH is 2. The van der Waals surface area contributed by atoms with Gasteiger partial charge in [-0.05, 0) is 19.9 Å². The van der Waals surface area contributed by atoms with Gasteiger partial charge in [-0.25, -0.2) is 4.99 Å². The van der Waals surface area contributed by atoms with Crippen molar-refractivity contribution >= 4 is 34.9 Å². The molecule has 0 radical (unpaired) electrons. The average Bonchev–Trinajstić information content (AvgIpc) is 3.35. The highest BCUT2D eigenvalue weighted by molar-refractivity contribution is 6.56. The lowest BCUT2D eigenvalue weighted by molar-refractivity contribution is -0.160. The van der Waals surface area contributed by atoms with Gasteiger partial charge in [0.1, 0.15) is 23.3 Å². The second-order valence-electron chi connectivity index (χ2n) is 13.6. The molecule has 0 spiro atoms. The number of allylic oxidation sites excluding steroid dienone is 3. The molecule has 3 heterocycles. The quantitative estimate of drug-likeness (QED) is 0.279. The van der Waals surface area contributed by atoms with Crippen LogP contribution in [0.5, 0.6) is 11.5 Å².